The predicted octanol–water partition coefficient (Wildman–Crippen LogP) is 10.6. The van der Waals surface area contributed by atoms with Gasteiger partial charge in [0.25, 0.3) is 0 Å². The number of halogens is 2. The standard InChI is InChI=1S/C29H48F2O.C2H6/c1-9-10-26-15-17-27(18-16-26)32-19-21(4)12-14-23(6)25(8)29(31)28(30)24(7)22(5)13-11-20(2)3;1-2/h9-11,13,20-23,26-27H,12,14-19H2,1-8H3;1-2H3/b10-9+,13-11-,28-24-,29-25-;. The second-order valence-corrected chi connectivity index (χ2v) is 10.4. The van der Waals surface area contributed by atoms with Crippen LogP contribution in [0.15, 0.2) is 47.1 Å². The first-order valence-corrected chi connectivity index (χ1v) is 13.7. The van der Waals surface area contributed by atoms with Crippen molar-refractivity contribution in [2.45, 2.75) is 114 Å². The fourth-order valence-electron chi connectivity index (χ4n) is 4.15. The molecule has 34 heavy (non-hydrogen) atoms. The van der Waals surface area contributed by atoms with Gasteiger partial charge in [-0.15, -0.1) is 0 Å². The van der Waals surface area contributed by atoms with E-state index in [1.54, 1.807) is 13.8 Å². The van der Waals surface area contributed by atoms with E-state index < -0.39 is 11.7 Å². The molecule has 1 fully saturated rings. The molecular formula is C31H54F2O. The van der Waals surface area contributed by atoms with Crippen molar-refractivity contribution in [3.8, 4) is 0 Å². The molecule has 3 heteroatoms. The lowest BCUT2D eigenvalue weighted by Gasteiger charge is -2.28. The number of hydrogen-bond acceptors (Lipinski definition) is 1. The van der Waals surface area contributed by atoms with Crippen LogP contribution in [-0.2, 0) is 4.74 Å². The largest absolute Gasteiger partial charge is 0.378 e. The lowest BCUT2D eigenvalue weighted by Crippen LogP contribution is -2.23. The SMILES string of the molecule is C/C=C/C1CCC(OCC(C)CCC(C)/C(C)=C(F)/C(F)=C(\C)C(C)/C=C\C(C)C)CC1.CC. The summed E-state index contributed by atoms with van der Waals surface area (Å²) in [4.78, 5) is 0. The number of rotatable bonds is 12. The van der Waals surface area contributed by atoms with Gasteiger partial charge in [0.15, 0.2) is 11.7 Å². The summed E-state index contributed by atoms with van der Waals surface area (Å²) >= 11 is 0. The van der Waals surface area contributed by atoms with E-state index in [0.717, 1.165) is 38.2 Å². The second-order valence-electron chi connectivity index (χ2n) is 10.4. The Morgan fingerprint density at radius 1 is 0.853 bits per heavy atom. The number of allylic oxidation sites excluding steroid dienone is 8. The van der Waals surface area contributed by atoms with E-state index in [9.17, 15) is 8.78 Å². The first-order chi connectivity index (χ1) is 16.1. The molecule has 0 saturated heterocycles. The summed E-state index contributed by atoms with van der Waals surface area (Å²) in [6.45, 7) is 20.5. The Morgan fingerprint density at radius 3 is 1.94 bits per heavy atom. The first kappa shape index (κ1) is 32.8. The molecular weight excluding hydrogens is 426 g/mol. The monoisotopic (exact) mass is 480 g/mol. The Hall–Kier alpha value is -1.22. The van der Waals surface area contributed by atoms with Crippen LogP contribution in [0.2, 0.25) is 0 Å². The summed E-state index contributed by atoms with van der Waals surface area (Å²) in [7, 11) is 0. The third-order valence-corrected chi connectivity index (χ3v) is 6.98. The van der Waals surface area contributed by atoms with Gasteiger partial charge >= 0.3 is 0 Å². The Kier molecular flexibility index (Phi) is 17.5. The molecule has 3 unspecified atom stereocenters. The van der Waals surface area contributed by atoms with Gasteiger partial charge in [-0.3, -0.25) is 0 Å². The van der Waals surface area contributed by atoms with Gasteiger partial charge in [-0.1, -0.05) is 72.8 Å². The van der Waals surface area contributed by atoms with Crippen LogP contribution < -0.4 is 0 Å². The zero-order valence-electron chi connectivity index (χ0n) is 23.9. The highest BCUT2D eigenvalue weighted by Crippen LogP contribution is 2.31. The van der Waals surface area contributed by atoms with Gasteiger partial charge in [-0.25, -0.2) is 8.78 Å². The van der Waals surface area contributed by atoms with Crippen LogP contribution >= 0.6 is 0 Å². The molecule has 0 spiro atoms. The summed E-state index contributed by atoms with van der Waals surface area (Å²) in [5.74, 6) is 0.0571. The summed E-state index contributed by atoms with van der Waals surface area (Å²) in [6, 6.07) is 0. The maximum atomic E-state index is 14.8. The third kappa shape index (κ3) is 12.5. The van der Waals surface area contributed by atoms with Gasteiger partial charge in [0.2, 0.25) is 0 Å². The fraction of sp³-hybridized carbons (Fsp3) is 0.742. The predicted molar refractivity (Wildman–Crippen MR) is 146 cm³/mol. The zero-order chi connectivity index (χ0) is 26.3. The molecule has 1 aliphatic rings. The lowest BCUT2D eigenvalue weighted by atomic mass is 9.87. The molecule has 1 rings (SSSR count). The molecule has 1 aliphatic carbocycles. The molecule has 0 radical (unpaired) electrons. The minimum atomic E-state index is -0.694. The van der Waals surface area contributed by atoms with Crippen LogP contribution in [0.25, 0.3) is 0 Å². The molecule has 0 N–H and O–H groups in total. The average molecular weight is 481 g/mol. The van der Waals surface area contributed by atoms with Crippen molar-refractivity contribution in [3.63, 3.8) is 0 Å². The zero-order valence-corrected chi connectivity index (χ0v) is 23.9. The van der Waals surface area contributed by atoms with Crippen LogP contribution in [0.5, 0.6) is 0 Å². The number of hydrogen-bond donors (Lipinski definition) is 0. The van der Waals surface area contributed by atoms with Crippen LogP contribution in [0.4, 0.5) is 8.78 Å². The normalized spacial score (nSPS) is 23.3. The molecule has 0 amide bonds. The van der Waals surface area contributed by atoms with Crippen LogP contribution in [-0.4, -0.2) is 12.7 Å². The van der Waals surface area contributed by atoms with Gasteiger partial charge in [0, 0.05) is 6.61 Å². The van der Waals surface area contributed by atoms with E-state index in [1.807, 2.05) is 39.8 Å². The molecule has 0 aromatic carbocycles. The van der Waals surface area contributed by atoms with Gasteiger partial charge in [0.1, 0.15) is 0 Å². The number of ether oxygens (including phenoxy) is 1. The van der Waals surface area contributed by atoms with E-state index in [1.165, 1.54) is 12.8 Å². The fourth-order valence-corrected chi connectivity index (χ4v) is 4.15. The molecule has 1 nitrogen and oxygen atoms in total. The first-order valence-electron chi connectivity index (χ1n) is 13.7. The van der Waals surface area contributed by atoms with Crippen molar-refractivity contribution in [1.29, 1.82) is 0 Å². The molecule has 0 aliphatic heterocycles. The van der Waals surface area contributed by atoms with Gasteiger partial charge in [0.05, 0.1) is 6.10 Å². The van der Waals surface area contributed by atoms with E-state index in [2.05, 4.69) is 39.8 Å². The molecule has 0 heterocycles. The summed E-state index contributed by atoms with van der Waals surface area (Å²) in [5.41, 5.74) is 0.967. The molecule has 0 bridgehead atoms. The van der Waals surface area contributed by atoms with E-state index >= 15 is 0 Å². The third-order valence-electron chi connectivity index (χ3n) is 6.98. The van der Waals surface area contributed by atoms with Crippen molar-refractivity contribution in [1.82, 2.24) is 0 Å². The highest BCUT2D eigenvalue weighted by Gasteiger charge is 2.21. The van der Waals surface area contributed by atoms with E-state index in [0.29, 0.717) is 29.1 Å². The Morgan fingerprint density at radius 2 is 1.41 bits per heavy atom. The quantitative estimate of drug-likeness (QED) is 0.199. The topological polar surface area (TPSA) is 9.23 Å². The Balaban J connectivity index is 0.00000529. The summed E-state index contributed by atoms with van der Waals surface area (Å²) in [6.07, 6.45) is 15.4. The minimum absolute atomic E-state index is 0.00813. The maximum Gasteiger partial charge on any atom is 0.158 e. The van der Waals surface area contributed by atoms with Crippen molar-refractivity contribution in [3.05, 3.63) is 47.1 Å². The smallest absolute Gasteiger partial charge is 0.158 e. The summed E-state index contributed by atoms with van der Waals surface area (Å²) in [5, 5.41) is 0. The van der Waals surface area contributed by atoms with E-state index in [4.69, 9.17) is 4.74 Å². The Bertz CT molecular complexity index is 663. The van der Waals surface area contributed by atoms with E-state index in [-0.39, 0.29) is 11.8 Å². The van der Waals surface area contributed by atoms with Crippen molar-refractivity contribution in [2.24, 2.45) is 29.6 Å². The second kappa shape index (κ2) is 18.1. The molecule has 198 valence electrons. The molecule has 0 aromatic heterocycles. The minimum Gasteiger partial charge on any atom is -0.378 e. The van der Waals surface area contributed by atoms with Crippen LogP contribution in [0.1, 0.15) is 108 Å². The highest BCUT2D eigenvalue weighted by atomic mass is 19.2. The van der Waals surface area contributed by atoms with Gasteiger partial charge in [-0.05, 0) is 100 Å². The average Bonchev–Trinajstić information content (AvgIpc) is 2.84. The summed E-state index contributed by atoms with van der Waals surface area (Å²) < 4.78 is 35.8. The molecule has 1 saturated carbocycles. The maximum absolute atomic E-state index is 14.8. The van der Waals surface area contributed by atoms with Crippen LogP contribution in [0.3, 0.4) is 0 Å². The van der Waals surface area contributed by atoms with Crippen LogP contribution in [0, 0.1) is 29.6 Å². The highest BCUT2D eigenvalue weighted by molar-refractivity contribution is 5.31. The van der Waals surface area contributed by atoms with Gasteiger partial charge < -0.3 is 4.74 Å². The van der Waals surface area contributed by atoms with Gasteiger partial charge in [-0.2, -0.15) is 0 Å². The van der Waals surface area contributed by atoms with Crippen molar-refractivity contribution >= 4 is 0 Å². The lowest BCUT2D eigenvalue weighted by molar-refractivity contribution is 0.00360. The molecule has 0 aromatic rings. The molecule has 3 atom stereocenters. The Labute approximate surface area is 210 Å². The van der Waals surface area contributed by atoms with Crippen molar-refractivity contribution in [2.75, 3.05) is 6.61 Å². The van der Waals surface area contributed by atoms with Crippen molar-refractivity contribution < 1.29 is 13.5 Å².